The summed E-state index contributed by atoms with van der Waals surface area (Å²) >= 11 is 0. The number of rotatable bonds is 8. The average Bonchev–Trinajstić information content (AvgIpc) is 3.24. The molecule has 2 amide bonds. The molecule has 1 saturated heterocycles. The van der Waals surface area contributed by atoms with Crippen LogP contribution in [0.1, 0.15) is 18.0 Å². The standard InChI is InChI=1S/C25H32N4O3Si/c1-32-21-9-5-19(6-10-21)24(28-23(30)17-29-14-13-18(15-26)16-29)25(31)27-20-7-11-22(12-8-20)33(2,3)4/h5-12,18,24H,13-14,16-17H2,1-4H3,(H,27,31)(H,28,30). The molecule has 2 N–H and O–H groups in total. The van der Waals surface area contributed by atoms with E-state index in [0.717, 1.165) is 6.42 Å². The van der Waals surface area contributed by atoms with Crippen molar-refractivity contribution in [1.82, 2.24) is 10.2 Å². The minimum absolute atomic E-state index is 0.0439. The predicted molar refractivity (Wildman–Crippen MR) is 132 cm³/mol. The summed E-state index contributed by atoms with van der Waals surface area (Å²) < 4.78 is 5.22. The zero-order valence-corrected chi connectivity index (χ0v) is 20.7. The Labute approximate surface area is 196 Å². The van der Waals surface area contributed by atoms with E-state index < -0.39 is 14.1 Å². The highest BCUT2D eigenvalue weighted by molar-refractivity contribution is 6.88. The first-order chi connectivity index (χ1) is 15.7. The molecule has 2 aromatic rings. The lowest BCUT2D eigenvalue weighted by atomic mass is 10.1. The van der Waals surface area contributed by atoms with E-state index in [1.807, 2.05) is 17.0 Å². The van der Waals surface area contributed by atoms with E-state index in [4.69, 9.17) is 10.00 Å². The van der Waals surface area contributed by atoms with Crippen molar-refractivity contribution in [3.63, 3.8) is 0 Å². The molecule has 33 heavy (non-hydrogen) atoms. The number of nitrogens with zero attached hydrogens (tertiary/aromatic N) is 2. The molecule has 0 saturated carbocycles. The number of likely N-dealkylation sites (tertiary alicyclic amines) is 1. The Hall–Kier alpha value is -3.15. The maximum absolute atomic E-state index is 13.2. The average molecular weight is 465 g/mol. The van der Waals surface area contributed by atoms with Gasteiger partial charge in [0.15, 0.2) is 0 Å². The number of amides is 2. The van der Waals surface area contributed by atoms with Gasteiger partial charge >= 0.3 is 0 Å². The van der Waals surface area contributed by atoms with E-state index in [-0.39, 0.29) is 24.3 Å². The van der Waals surface area contributed by atoms with Crippen LogP contribution in [0.3, 0.4) is 0 Å². The van der Waals surface area contributed by atoms with Crippen LogP contribution in [0.4, 0.5) is 5.69 Å². The van der Waals surface area contributed by atoms with Crippen molar-refractivity contribution >= 4 is 30.8 Å². The largest absolute Gasteiger partial charge is 0.497 e. The van der Waals surface area contributed by atoms with Crippen LogP contribution in [0.25, 0.3) is 0 Å². The lowest BCUT2D eigenvalue weighted by Gasteiger charge is -2.22. The van der Waals surface area contributed by atoms with Gasteiger partial charge in [0.25, 0.3) is 5.91 Å². The van der Waals surface area contributed by atoms with Crippen LogP contribution in [0.2, 0.25) is 19.6 Å². The summed E-state index contributed by atoms with van der Waals surface area (Å²) in [4.78, 5) is 27.9. The molecule has 8 heteroatoms. The first kappa shape index (κ1) is 24.5. The Bertz CT molecular complexity index is 1010. The van der Waals surface area contributed by atoms with Gasteiger partial charge in [-0.1, -0.05) is 49.1 Å². The van der Waals surface area contributed by atoms with Crippen molar-refractivity contribution in [2.75, 3.05) is 32.1 Å². The quantitative estimate of drug-likeness (QED) is 0.586. The topological polar surface area (TPSA) is 94.5 Å². The third-order valence-corrected chi connectivity index (χ3v) is 7.92. The Balaban J connectivity index is 1.74. The van der Waals surface area contributed by atoms with E-state index in [0.29, 0.717) is 30.1 Å². The molecule has 1 aliphatic heterocycles. The second-order valence-electron chi connectivity index (χ2n) is 9.44. The first-order valence-electron chi connectivity index (χ1n) is 11.2. The zero-order chi connectivity index (χ0) is 24.0. The van der Waals surface area contributed by atoms with E-state index >= 15 is 0 Å². The molecule has 0 aromatic heterocycles. The van der Waals surface area contributed by atoms with Gasteiger partial charge in [-0.2, -0.15) is 5.26 Å². The second kappa shape index (κ2) is 10.6. The summed E-state index contributed by atoms with van der Waals surface area (Å²) in [6.45, 7) is 8.25. The molecule has 0 aliphatic carbocycles. The predicted octanol–water partition coefficient (Wildman–Crippen LogP) is 2.88. The van der Waals surface area contributed by atoms with Gasteiger partial charge in [0.2, 0.25) is 5.91 Å². The molecule has 0 bridgehead atoms. The highest BCUT2D eigenvalue weighted by Gasteiger charge is 2.27. The summed E-state index contributed by atoms with van der Waals surface area (Å²) in [6, 6.07) is 16.4. The maximum Gasteiger partial charge on any atom is 0.251 e. The van der Waals surface area contributed by atoms with E-state index in [1.54, 1.807) is 31.4 Å². The fraction of sp³-hybridized carbons (Fsp3) is 0.400. The summed E-state index contributed by atoms with van der Waals surface area (Å²) in [5.74, 6) is 0.0626. The first-order valence-corrected chi connectivity index (χ1v) is 14.7. The van der Waals surface area contributed by atoms with Gasteiger partial charge in [0, 0.05) is 18.8 Å². The van der Waals surface area contributed by atoms with Crippen LogP contribution in [0.15, 0.2) is 48.5 Å². The monoisotopic (exact) mass is 464 g/mol. The van der Waals surface area contributed by atoms with E-state index in [2.05, 4.69) is 48.5 Å². The maximum atomic E-state index is 13.2. The number of benzene rings is 2. The van der Waals surface area contributed by atoms with Crippen molar-refractivity contribution in [2.45, 2.75) is 32.1 Å². The molecule has 1 heterocycles. The highest BCUT2D eigenvalue weighted by Crippen LogP contribution is 2.21. The smallest absolute Gasteiger partial charge is 0.251 e. The minimum Gasteiger partial charge on any atom is -0.497 e. The third kappa shape index (κ3) is 6.67. The van der Waals surface area contributed by atoms with Gasteiger partial charge < -0.3 is 15.4 Å². The van der Waals surface area contributed by atoms with Crippen LogP contribution in [0, 0.1) is 17.2 Å². The summed E-state index contributed by atoms with van der Waals surface area (Å²) in [6.07, 6.45) is 0.763. The van der Waals surface area contributed by atoms with Crippen LogP contribution in [-0.2, 0) is 9.59 Å². The highest BCUT2D eigenvalue weighted by atomic mass is 28.3. The molecule has 0 spiro atoms. The van der Waals surface area contributed by atoms with Gasteiger partial charge in [0.1, 0.15) is 11.8 Å². The van der Waals surface area contributed by atoms with Crippen molar-refractivity contribution in [2.24, 2.45) is 5.92 Å². The number of hydrogen-bond donors (Lipinski definition) is 2. The van der Waals surface area contributed by atoms with Gasteiger partial charge in [-0.05, 0) is 36.2 Å². The Kier molecular flexibility index (Phi) is 7.90. The van der Waals surface area contributed by atoms with Gasteiger partial charge in [-0.3, -0.25) is 14.5 Å². The Morgan fingerprint density at radius 2 is 1.82 bits per heavy atom. The van der Waals surface area contributed by atoms with Crippen molar-refractivity contribution < 1.29 is 14.3 Å². The van der Waals surface area contributed by atoms with Crippen molar-refractivity contribution in [3.05, 3.63) is 54.1 Å². The van der Waals surface area contributed by atoms with Crippen LogP contribution in [0.5, 0.6) is 5.75 Å². The fourth-order valence-electron chi connectivity index (χ4n) is 3.86. The Morgan fingerprint density at radius 3 is 2.36 bits per heavy atom. The van der Waals surface area contributed by atoms with Crippen LogP contribution >= 0.6 is 0 Å². The number of anilines is 1. The Morgan fingerprint density at radius 1 is 1.15 bits per heavy atom. The molecule has 1 fully saturated rings. The number of nitriles is 1. The molecule has 2 unspecified atom stereocenters. The van der Waals surface area contributed by atoms with Gasteiger partial charge in [0.05, 0.1) is 33.7 Å². The lowest BCUT2D eigenvalue weighted by molar-refractivity contribution is -0.127. The second-order valence-corrected chi connectivity index (χ2v) is 14.5. The summed E-state index contributed by atoms with van der Waals surface area (Å²) in [7, 11) is 0.145. The number of ether oxygens (including phenoxy) is 1. The number of methoxy groups -OCH3 is 1. The number of hydrogen-bond acceptors (Lipinski definition) is 5. The molecule has 174 valence electrons. The molecule has 7 nitrogen and oxygen atoms in total. The third-order valence-electron chi connectivity index (χ3n) is 5.86. The lowest BCUT2D eigenvalue weighted by Crippen LogP contribution is -2.42. The molecule has 3 rings (SSSR count). The molecular weight excluding hydrogens is 432 g/mol. The van der Waals surface area contributed by atoms with Crippen molar-refractivity contribution in [1.29, 1.82) is 5.26 Å². The molecule has 0 radical (unpaired) electrons. The van der Waals surface area contributed by atoms with Gasteiger partial charge in [-0.15, -0.1) is 0 Å². The molecule has 2 aromatic carbocycles. The SMILES string of the molecule is COc1ccc(C(NC(=O)CN2CCC(C#N)C2)C(=O)Nc2ccc([Si](C)(C)C)cc2)cc1. The van der Waals surface area contributed by atoms with Crippen LogP contribution in [-0.4, -0.2) is 51.5 Å². The van der Waals surface area contributed by atoms with Crippen LogP contribution < -0.4 is 20.6 Å². The number of nitrogens with one attached hydrogen (secondary N) is 2. The molecule has 1 aliphatic rings. The zero-order valence-electron chi connectivity index (χ0n) is 19.7. The minimum atomic E-state index is -1.43. The summed E-state index contributed by atoms with van der Waals surface area (Å²) in [5.41, 5.74) is 1.35. The molecular formula is C25H32N4O3Si. The van der Waals surface area contributed by atoms with E-state index in [1.165, 1.54) is 5.19 Å². The van der Waals surface area contributed by atoms with Crippen molar-refractivity contribution in [3.8, 4) is 11.8 Å². The normalized spacial score (nSPS) is 17.1. The summed E-state index contributed by atoms with van der Waals surface area (Å²) in [5, 5.41) is 16.2. The fourth-order valence-corrected chi connectivity index (χ4v) is 5.02. The van der Waals surface area contributed by atoms with E-state index in [9.17, 15) is 9.59 Å². The van der Waals surface area contributed by atoms with Gasteiger partial charge in [-0.25, -0.2) is 0 Å². The number of carbonyl (C=O) groups excluding carboxylic acids is 2. The molecule has 2 atom stereocenters. The number of carbonyl (C=O) groups is 2.